The van der Waals surface area contributed by atoms with Gasteiger partial charge in [-0.1, -0.05) is 44.2 Å². The summed E-state index contributed by atoms with van der Waals surface area (Å²) in [6.07, 6.45) is 0.101. The minimum absolute atomic E-state index is 0.00605. The molecule has 2 N–H and O–H groups in total. The molecule has 1 atom stereocenters. The van der Waals surface area contributed by atoms with Gasteiger partial charge in [0.05, 0.1) is 5.41 Å². The summed E-state index contributed by atoms with van der Waals surface area (Å²) in [4.78, 5) is 42.7. The molecule has 1 fully saturated rings. The number of carbonyl (C=O) groups excluding carboxylic acids is 3. The van der Waals surface area contributed by atoms with Crippen LogP contribution in [0.25, 0.3) is 0 Å². The topological polar surface area (TPSA) is 108 Å². The number of benzene rings is 1. The zero-order chi connectivity index (χ0) is 19.6. The van der Waals surface area contributed by atoms with Crippen LogP contribution in [0.1, 0.15) is 50.9 Å². The van der Waals surface area contributed by atoms with Crippen molar-refractivity contribution in [1.82, 2.24) is 20.1 Å². The number of rotatable bonds is 6. The van der Waals surface area contributed by atoms with Crippen LogP contribution in [0.5, 0.6) is 0 Å². The first-order valence-electron chi connectivity index (χ1n) is 8.93. The molecule has 0 radical (unpaired) electrons. The summed E-state index contributed by atoms with van der Waals surface area (Å²) in [5.74, 6) is 0.147. The lowest BCUT2D eigenvalue weighted by Crippen LogP contribution is -2.38. The minimum atomic E-state index is -0.884. The van der Waals surface area contributed by atoms with Crippen LogP contribution in [-0.2, 0) is 19.8 Å². The Morgan fingerprint density at radius 3 is 2.63 bits per heavy atom. The third-order valence-corrected chi connectivity index (χ3v) is 4.80. The van der Waals surface area contributed by atoms with Crippen molar-refractivity contribution in [2.45, 2.75) is 44.9 Å². The predicted molar refractivity (Wildman–Crippen MR) is 98.8 cm³/mol. The minimum Gasteiger partial charge on any atom is -0.293 e. The molecule has 0 unspecified atom stereocenters. The Bertz CT molecular complexity index is 861. The molecule has 0 aliphatic carbocycles. The molecular weight excluding hydrogens is 346 g/mol. The molecule has 0 bridgehead atoms. The van der Waals surface area contributed by atoms with Crippen LogP contribution >= 0.6 is 0 Å². The van der Waals surface area contributed by atoms with E-state index < -0.39 is 5.41 Å². The van der Waals surface area contributed by atoms with Crippen molar-refractivity contribution in [2.24, 2.45) is 0 Å². The van der Waals surface area contributed by atoms with Gasteiger partial charge >= 0.3 is 0 Å². The average Bonchev–Trinajstić information content (AvgIpc) is 3.18. The quantitative estimate of drug-likeness (QED) is 0.757. The van der Waals surface area contributed by atoms with E-state index in [1.807, 2.05) is 44.2 Å². The SMILES string of the molecule is CC(C)c1nc(NC(=O)CCN2C(=O)C[C@](C)(c3ccccc3)C2=O)n[nH]1. The maximum atomic E-state index is 12.8. The van der Waals surface area contributed by atoms with Gasteiger partial charge in [-0.3, -0.25) is 29.7 Å². The van der Waals surface area contributed by atoms with Gasteiger partial charge in [-0.05, 0) is 12.5 Å². The molecule has 0 spiro atoms. The molecule has 3 rings (SSSR count). The van der Waals surface area contributed by atoms with E-state index in [9.17, 15) is 14.4 Å². The smallest absolute Gasteiger partial charge is 0.248 e. The number of hydrogen-bond acceptors (Lipinski definition) is 5. The lowest BCUT2D eigenvalue weighted by molar-refractivity contribution is -0.139. The highest BCUT2D eigenvalue weighted by molar-refractivity contribution is 6.09. The van der Waals surface area contributed by atoms with Gasteiger partial charge in [0.15, 0.2) is 0 Å². The van der Waals surface area contributed by atoms with E-state index in [1.54, 1.807) is 6.92 Å². The van der Waals surface area contributed by atoms with Crippen LogP contribution in [0, 0.1) is 0 Å². The summed E-state index contributed by atoms with van der Waals surface area (Å²) in [6.45, 7) is 5.72. The van der Waals surface area contributed by atoms with Gasteiger partial charge < -0.3 is 0 Å². The summed E-state index contributed by atoms with van der Waals surface area (Å²) < 4.78 is 0. The Labute approximate surface area is 157 Å². The summed E-state index contributed by atoms with van der Waals surface area (Å²) in [7, 11) is 0. The number of amides is 3. The van der Waals surface area contributed by atoms with E-state index in [-0.39, 0.29) is 49.0 Å². The van der Waals surface area contributed by atoms with Gasteiger partial charge in [0.25, 0.3) is 0 Å². The Morgan fingerprint density at radius 2 is 2.00 bits per heavy atom. The number of imide groups is 1. The fraction of sp³-hybridized carbons (Fsp3) is 0.421. The van der Waals surface area contributed by atoms with Crippen LogP contribution < -0.4 is 5.32 Å². The second-order valence-corrected chi connectivity index (χ2v) is 7.22. The molecular formula is C19H23N5O3. The number of H-pyrrole nitrogens is 1. The van der Waals surface area contributed by atoms with Gasteiger partial charge in [0.2, 0.25) is 23.7 Å². The molecule has 142 valence electrons. The molecule has 1 aromatic heterocycles. The largest absolute Gasteiger partial charge is 0.293 e. The lowest BCUT2D eigenvalue weighted by Gasteiger charge is -2.22. The number of aromatic amines is 1. The standard InChI is InChI=1S/C19H23N5O3/c1-12(2)16-21-18(23-22-16)20-14(25)9-10-24-15(26)11-19(3,17(24)27)13-7-5-4-6-8-13/h4-8,12H,9-11H2,1-3H3,(H2,20,21,22,23,25)/t19-/m1/s1. The Kier molecular flexibility index (Phi) is 5.07. The molecule has 2 aromatic rings. The van der Waals surface area contributed by atoms with Crippen molar-refractivity contribution in [3.8, 4) is 0 Å². The summed E-state index contributed by atoms with van der Waals surface area (Å²) in [5.41, 5.74) is -0.0812. The maximum Gasteiger partial charge on any atom is 0.248 e. The van der Waals surface area contributed by atoms with E-state index in [1.165, 1.54) is 4.90 Å². The monoisotopic (exact) mass is 369 g/mol. The average molecular weight is 369 g/mol. The van der Waals surface area contributed by atoms with Crippen molar-refractivity contribution >= 4 is 23.7 Å². The molecule has 0 saturated carbocycles. The molecule has 27 heavy (non-hydrogen) atoms. The number of nitrogens with zero attached hydrogens (tertiary/aromatic N) is 3. The molecule has 1 saturated heterocycles. The van der Waals surface area contributed by atoms with Crippen molar-refractivity contribution in [3.05, 3.63) is 41.7 Å². The van der Waals surface area contributed by atoms with Crippen LogP contribution in [-0.4, -0.2) is 44.3 Å². The van der Waals surface area contributed by atoms with Crippen molar-refractivity contribution in [2.75, 3.05) is 11.9 Å². The number of likely N-dealkylation sites (tertiary alicyclic amines) is 1. The number of anilines is 1. The fourth-order valence-electron chi connectivity index (χ4n) is 3.13. The van der Waals surface area contributed by atoms with Gasteiger partial charge in [-0.2, -0.15) is 4.98 Å². The van der Waals surface area contributed by atoms with Crippen molar-refractivity contribution in [1.29, 1.82) is 0 Å². The molecule has 8 nitrogen and oxygen atoms in total. The second kappa shape index (κ2) is 7.30. The van der Waals surface area contributed by atoms with E-state index >= 15 is 0 Å². The summed E-state index contributed by atoms with van der Waals surface area (Å²) in [5, 5.41) is 9.27. The zero-order valence-electron chi connectivity index (χ0n) is 15.7. The third kappa shape index (κ3) is 3.74. The normalized spacial score (nSPS) is 19.8. The van der Waals surface area contributed by atoms with E-state index in [2.05, 4.69) is 20.5 Å². The highest BCUT2D eigenvalue weighted by Crippen LogP contribution is 2.36. The van der Waals surface area contributed by atoms with Crippen molar-refractivity contribution in [3.63, 3.8) is 0 Å². The third-order valence-electron chi connectivity index (χ3n) is 4.80. The molecule has 1 aliphatic rings. The molecule has 2 heterocycles. The molecule has 1 aromatic carbocycles. The molecule has 8 heteroatoms. The maximum absolute atomic E-state index is 12.8. The number of carbonyl (C=O) groups is 3. The van der Waals surface area contributed by atoms with E-state index in [0.717, 1.165) is 5.56 Å². The number of aromatic nitrogens is 3. The fourth-order valence-corrected chi connectivity index (χ4v) is 3.13. The summed E-state index contributed by atoms with van der Waals surface area (Å²) in [6, 6.07) is 9.24. The predicted octanol–water partition coefficient (Wildman–Crippen LogP) is 1.97. The first kappa shape index (κ1) is 18.8. The Balaban J connectivity index is 1.61. The molecule has 3 amide bonds. The first-order chi connectivity index (χ1) is 12.8. The number of nitrogens with one attached hydrogen (secondary N) is 2. The van der Waals surface area contributed by atoms with Crippen LogP contribution in [0.15, 0.2) is 30.3 Å². The van der Waals surface area contributed by atoms with Gasteiger partial charge in [-0.15, -0.1) is 5.10 Å². The van der Waals surface area contributed by atoms with Gasteiger partial charge in [0.1, 0.15) is 5.82 Å². The second-order valence-electron chi connectivity index (χ2n) is 7.22. The zero-order valence-corrected chi connectivity index (χ0v) is 15.7. The van der Waals surface area contributed by atoms with E-state index in [0.29, 0.717) is 5.82 Å². The van der Waals surface area contributed by atoms with Crippen LogP contribution in [0.4, 0.5) is 5.95 Å². The summed E-state index contributed by atoms with van der Waals surface area (Å²) >= 11 is 0. The highest BCUT2D eigenvalue weighted by atomic mass is 16.2. The van der Waals surface area contributed by atoms with E-state index in [4.69, 9.17) is 0 Å². The van der Waals surface area contributed by atoms with Crippen LogP contribution in [0.3, 0.4) is 0 Å². The highest BCUT2D eigenvalue weighted by Gasteiger charge is 2.49. The van der Waals surface area contributed by atoms with Crippen molar-refractivity contribution < 1.29 is 14.4 Å². The van der Waals surface area contributed by atoms with Gasteiger partial charge in [0, 0.05) is 25.3 Å². The lowest BCUT2D eigenvalue weighted by atomic mass is 9.81. The van der Waals surface area contributed by atoms with Gasteiger partial charge in [-0.25, -0.2) is 0 Å². The Morgan fingerprint density at radius 1 is 1.30 bits per heavy atom. The molecule has 1 aliphatic heterocycles. The Hall–Kier alpha value is -3.03. The number of hydrogen-bond donors (Lipinski definition) is 2. The first-order valence-corrected chi connectivity index (χ1v) is 8.93. The van der Waals surface area contributed by atoms with Crippen LogP contribution in [0.2, 0.25) is 0 Å².